The number of rotatable bonds is 10. The molecule has 0 aliphatic carbocycles. The molecule has 0 saturated carbocycles. The van der Waals surface area contributed by atoms with Crippen LogP contribution in [0.15, 0.2) is 60.7 Å². The first-order valence-electron chi connectivity index (χ1n) is 11.4. The highest BCUT2D eigenvalue weighted by Crippen LogP contribution is 2.26. The zero-order valence-corrected chi connectivity index (χ0v) is 21.2. The van der Waals surface area contributed by atoms with Crippen LogP contribution >= 0.6 is 23.2 Å². The van der Waals surface area contributed by atoms with Gasteiger partial charge in [0.05, 0.1) is 0 Å². The number of halogens is 2. The van der Waals surface area contributed by atoms with Crippen molar-refractivity contribution in [3.05, 3.63) is 76.3 Å². The first-order valence-corrected chi connectivity index (χ1v) is 12.2. The fourth-order valence-electron chi connectivity index (χ4n) is 3.72. The van der Waals surface area contributed by atoms with E-state index in [4.69, 9.17) is 27.9 Å². The number of nitrogens with zero attached hydrogens (tertiary/aromatic N) is 1. The van der Waals surface area contributed by atoms with Gasteiger partial charge in [0, 0.05) is 28.5 Å². The second-order valence-corrected chi connectivity index (χ2v) is 9.43. The second kappa shape index (κ2) is 12.1. The smallest absolute Gasteiger partial charge is 0.261 e. The lowest BCUT2D eigenvalue weighted by Crippen LogP contribution is -2.50. The van der Waals surface area contributed by atoms with Crippen molar-refractivity contribution in [1.29, 1.82) is 0 Å². The first-order chi connectivity index (χ1) is 16.3. The number of nitrogens with one attached hydrogen (secondary N) is 1. The number of ether oxygens (including phenoxy) is 1. The summed E-state index contributed by atoms with van der Waals surface area (Å²) in [4.78, 5) is 28.0. The Morgan fingerprint density at radius 3 is 2.47 bits per heavy atom. The van der Waals surface area contributed by atoms with Crippen molar-refractivity contribution in [2.24, 2.45) is 5.92 Å². The zero-order chi connectivity index (χ0) is 24.7. The van der Waals surface area contributed by atoms with Crippen molar-refractivity contribution in [2.45, 2.75) is 39.8 Å². The van der Waals surface area contributed by atoms with Crippen LogP contribution < -0.4 is 10.1 Å². The van der Waals surface area contributed by atoms with Crippen LogP contribution in [0, 0.1) is 5.92 Å². The van der Waals surface area contributed by atoms with Gasteiger partial charge in [-0.1, -0.05) is 86.4 Å². The molecule has 0 aliphatic rings. The highest BCUT2D eigenvalue weighted by Gasteiger charge is 2.29. The molecular formula is C27H30Cl2N2O3. The molecule has 0 fully saturated rings. The second-order valence-electron chi connectivity index (χ2n) is 8.59. The molecule has 1 atom stereocenters. The maximum atomic E-state index is 13.4. The Morgan fingerprint density at radius 2 is 1.76 bits per heavy atom. The fraction of sp³-hybridized carbons (Fsp3) is 0.333. The van der Waals surface area contributed by atoms with Gasteiger partial charge in [-0.2, -0.15) is 0 Å². The van der Waals surface area contributed by atoms with E-state index < -0.39 is 6.04 Å². The van der Waals surface area contributed by atoms with Crippen LogP contribution in [-0.4, -0.2) is 35.9 Å². The first kappa shape index (κ1) is 25.9. The molecule has 0 heterocycles. The van der Waals surface area contributed by atoms with E-state index in [1.807, 2.05) is 63.2 Å². The van der Waals surface area contributed by atoms with Gasteiger partial charge in [-0.25, -0.2) is 0 Å². The number of hydrogen-bond donors (Lipinski definition) is 1. The summed E-state index contributed by atoms with van der Waals surface area (Å²) < 4.78 is 5.94. The lowest BCUT2D eigenvalue weighted by molar-refractivity contribution is -0.143. The predicted octanol–water partition coefficient (Wildman–Crippen LogP) is 6.11. The highest BCUT2D eigenvalue weighted by atomic mass is 35.5. The molecule has 3 aromatic carbocycles. The van der Waals surface area contributed by atoms with Gasteiger partial charge in [0.1, 0.15) is 11.8 Å². The molecule has 0 saturated heterocycles. The molecule has 0 bridgehead atoms. The molecule has 0 aromatic heterocycles. The van der Waals surface area contributed by atoms with Crippen molar-refractivity contribution >= 4 is 45.8 Å². The van der Waals surface area contributed by atoms with Crippen LogP contribution in [0.1, 0.15) is 32.8 Å². The molecule has 3 rings (SSSR count). The van der Waals surface area contributed by atoms with Gasteiger partial charge in [-0.05, 0) is 41.5 Å². The average Bonchev–Trinajstić information content (AvgIpc) is 2.82. The van der Waals surface area contributed by atoms with E-state index >= 15 is 0 Å². The number of amides is 2. The SMILES string of the molecule is CC[C@@H](C(=O)NCC(C)C)N(Cc1ccc(Cl)cc1Cl)C(=O)COc1cccc2ccccc12. The largest absolute Gasteiger partial charge is 0.483 e. The van der Waals surface area contributed by atoms with E-state index in [0.29, 0.717) is 40.2 Å². The summed E-state index contributed by atoms with van der Waals surface area (Å²) in [5.41, 5.74) is 0.708. The molecule has 0 radical (unpaired) electrons. The Hall–Kier alpha value is -2.76. The van der Waals surface area contributed by atoms with Crippen LogP contribution in [-0.2, 0) is 16.1 Å². The summed E-state index contributed by atoms with van der Waals surface area (Å²) in [6.07, 6.45) is 0.454. The maximum absolute atomic E-state index is 13.4. The Labute approximate surface area is 211 Å². The van der Waals surface area contributed by atoms with Gasteiger partial charge in [0.15, 0.2) is 6.61 Å². The minimum Gasteiger partial charge on any atom is -0.483 e. The normalized spacial score (nSPS) is 11.9. The lowest BCUT2D eigenvalue weighted by Gasteiger charge is -2.31. The van der Waals surface area contributed by atoms with E-state index in [0.717, 1.165) is 10.8 Å². The van der Waals surface area contributed by atoms with Crippen LogP contribution in [0.5, 0.6) is 5.75 Å². The van der Waals surface area contributed by atoms with E-state index in [9.17, 15) is 9.59 Å². The number of benzene rings is 3. The zero-order valence-electron chi connectivity index (χ0n) is 19.7. The summed E-state index contributed by atoms with van der Waals surface area (Å²) in [5, 5.41) is 5.85. The minimum absolute atomic E-state index is 0.168. The van der Waals surface area contributed by atoms with Crippen molar-refractivity contribution in [1.82, 2.24) is 10.2 Å². The summed E-state index contributed by atoms with van der Waals surface area (Å²) in [6.45, 7) is 6.43. The summed E-state index contributed by atoms with van der Waals surface area (Å²) in [6, 6.07) is 18.0. The van der Waals surface area contributed by atoms with Crippen LogP contribution in [0.3, 0.4) is 0 Å². The topological polar surface area (TPSA) is 58.6 Å². The third kappa shape index (κ3) is 6.64. The van der Waals surface area contributed by atoms with E-state index in [1.54, 1.807) is 18.2 Å². The van der Waals surface area contributed by atoms with Crippen molar-refractivity contribution in [3.63, 3.8) is 0 Å². The summed E-state index contributed by atoms with van der Waals surface area (Å²) >= 11 is 12.4. The van der Waals surface area contributed by atoms with E-state index in [-0.39, 0.29) is 25.0 Å². The quantitative estimate of drug-likeness (QED) is 0.365. The molecular weight excluding hydrogens is 471 g/mol. The molecule has 1 N–H and O–H groups in total. The maximum Gasteiger partial charge on any atom is 0.261 e. The summed E-state index contributed by atoms with van der Waals surface area (Å²) in [5.74, 6) is 0.421. The molecule has 0 aliphatic heterocycles. The average molecular weight is 501 g/mol. The van der Waals surface area contributed by atoms with Crippen LogP contribution in [0.25, 0.3) is 10.8 Å². The van der Waals surface area contributed by atoms with Crippen molar-refractivity contribution in [2.75, 3.05) is 13.2 Å². The number of hydrogen-bond acceptors (Lipinski definition) is 3. The highest BCUT2D eigenvalue weighted by molar-refractivity contribution is 6.35. The summed E-state index contributed by atoms with van der Waals surface area (Å²) in [7, 11) is 0. The third-order valence-electron chi connectivity index (χ3n) is 5.53. The van der Waals surface area contributed by atoms with Crippen molar-refractivity contribution < 1.29 is 14.3 Å². The number of carbonyl (C=O) groups is 2. The molecule has 0 unspecified atom stereocenters. The van der Waals surface area contributed by atoms with Gasteiger partial charge in [-0.3, -0.25) is 9.59 Å². The van der Waals surface area contributed by atoms with E-state index in [2.05, 4.69) is 5.32 Å². The molecule has 7 heteroatoms. The third-order valence-corrected chi connectivity index (χ3v) is 6.11. The Morgan fingerprint density at radius 1 is 1.03 bits per heavy atom. The Kier molecular flexibility index (Phi) is 9.20. The van der Waals surface area contributed by atoms with Crippen LogP contribution in [0.2, 0.25) is 10.0 Å². The predicted molar refractivity (Wildman–Crippen MR) is 138 cm³/mol. The molecule has 2 amide bonds. The molecule has 34 heavy (non-hydrogen) atoms. The van der Waals surface area contributed by atoms with Gasteiger partial charge < -0.3 is 15.0 Å². The lowest BCUT2D eigenvalue weighted by atomic mass is 10.1. The van der Waals surface area contributed by atoms with Crippen LogP contribution in [0.4, 0.5) is 0 Å². The van der Waals surface area contributed by atoms with Crippen molar-refractivity contribution in [3.8, 4) is 5.75 Å². The van der Waals surface area contributed by atoms with E-state index in [1.165, 1.54) is 4.90 Å². The molecule has 0 spiro atoms. The molecule has 180 valence electrons. The Bertz CT molecular complexity index is 1140. The molecule has 3 aromatic rings. The number of fused-ring (bicyclic) bond motifs is 1. The van der Waals surface area contributed by atoms with Gasteiger partial charge in [0.2, 0.25) is 5.91 Å². The number of carbonyl (C=O) groups excluding carboxylic acids is 2. The van der Waals surface area contributed by atoms with Gasteiger partial charge in [0.25, 0.3) is 5.91 Å². The Balaban J connectivity index is 1.84. The molecule has 5 nitrogen and oxygen atoms in total. The monoisotopic (exact) mass is 500 g/mol. The van der Waals surface area contributed by atoms with Gasteiger partial charge >= 0.3 is 0 Å². The fourth-order valence-corrected chi connectivity index (χ4v) is 4.19. The van der Waals surface area contributed by atoms with Gasteiger partial charge in [-0.15, -0.1) is 0 Å². The minimum atomic E-state index is -0.658. The standard InChI is InChI=1S/C27H30Cl2N2O3/c1-4-24(27(33)30-15-18(2)3)31(16-20-12-13-21(28)14-23(20)29)26(32)17-34-25-11-7-9-19-8-5-6-10-22(19)25/h5-14,18,24H,4,15-17H2,1-3H3,(H,30,33)/t24-/m0/s1.